The van der Waals surface area contributed by atoms with E-state index in [1.54, 1.807) is 0 Å². The first-order valence-electron chi connectivity index (χ1n) is 7.27. The molecule has 0 heterocycles. The molecule has 2 rings (SSSR count). The average Bonchev–Trinajstić information content (AvgIpc) is 2.48. The molecule has 2 N–H and O–H groups in total. The van der Waals surface area contributed by atoms with Crippen molar-refractivity contribution in [3.8, 4) is 11.1 Å². The molecule has 0 aromatic heterocycles. The van der Waals surface area contributed by atoms with Gasteiger partial charge in [-0.3, -0.25) is 4.90 Å². The van der Waals surface area contributed by atoms with Crippen molar-refractivity contribution in [3.63, 3.8) is 0 Å². The van der Waals surface area contributed by atoms with Gasteiger partial charge in [0.2, 0.25) is 0 Å². The van der Waals surface area contributed by atoms with Gasteiger partial charge in [-0.2, -0.15) is 0 Å². The van der Waals surface area contributed by atoms with Gasteiger partial charge < -0.3 is 10.5 Å². The van der Waals surface area contributed by atoms with E-state index in [1.165, 1.54) is 4.90 Å². The van der Waals surface area contributed by atoms with Gasteiger partial charge in [0.05, 0.1) is 6.67 Å². The van der Waals surface area contributed by atoms with E-state index >= 15 is 0 Å². The van der Waals surface area contributed by atoms with Gasteiger partial charge in [0.1, 0.15) is 5.60 Å². The van der Waals surface area contributed by atoms with Crippen molar-refractivity contribution in [2.75, 3.05) is 11.6 Å². The summed E-state index contributed by atoms with van der Waals surface area (Å²) >= 11 is 0. The van der Waals surface area contributed by atoms with E-state index in [1.807, 2.05) is 75.4 Å². The van der Waals surface area contributed by atoms with Crippen LogP contribution in [0.1, 0.15) is 20.8 Å². The quantitative estimate of drug-likeness (QED) is 0.871. The fourth-order valence-corrected chi connectivity index (χ4v) is 2.07. The molecule has 0 bridgehead atoms. The molecule has 0 saturated carbocycles. The Morgan fingerprint density at radius 1 is 1.00 bits per heavy atom. The molecule has 0 aliphatic rings. The van der Waals surface area contributed by atoms with E-state index < -0.39 is 11.7 Å². The number of nitrogens with two attached hydrogens (primary N) is 1. The van der Waals surface area contributed by atoms with Crippen molar-refractivity contribution < 1.29 is 9.53 Å². The van der Waals surface area contributed by atoms with Crippen molar-refractivity contribution in [2.45, 2.75) is 26.4 Å². The molecule has 0 aliphatic heterocycles. The molecular formula is C18H22N2O2. The molecule has 0 fully saturated rings. The molecule has 0 radical (unpaired) electrons. The molecule has 22 heavy (non-hydrogen) atoms. The first-order chi connectivity index (χ1) is 10.4. The second-order valence-electron chi connectivity index (χ2n) is 6.00. The van der Waals surface area contributed by atoms with Crippen LogP contribution in [-0.2, 0) is 4.74 Å². The second kappa shape index (κ2) is 6.62. The van der Waals surface area contributed by atoms with Crippen LogP contribution in [0.25, 0.3) is 11.1 Å². The Balaban J connectivity index is 2.19. The third kappa shape index (κ3) is 4.09. The molecule has 0 saturated heterocycles. The smallest absolute Gasteiger partial charge is 0.415 e. The lowest BCUT2D eigenvalue weighted by atomic mass is 10.1. The summed E-state index contributed by atoms with van der Waals surface area (Å²) < 4.78 is 5.37. The van der Waals surface area contributed by atoms with Gasteiger partial charge in [0.15, 0.2) is 0 Å². The zero-order valence-electron chi connectivity index (χ0n) is 13.2. The lowest BCUT2D eigenvalue weighted by Crippen LogP contribution is -2.40. The molecule has 0 aliphatic carbocycles. The number of hydrogen-bond donors (Lipinski definition) is 1. The van der Waals surface area contributed by atoms with Gasteiger partial charge in [-0.25, -0.2) is 4.79 Å². The summed E-state index contributed by atoms with van der Waals surface area (Å²) in [6.07, 6.45) is -0.442. The largest absolute Gasteiger partial charge is 0.443 e. The third-order valence-electron chi connectivity index (χ3n) is 3.08. The first kappa shape index (κ1) is 16.0. The van der Waals surface area contributed by atoms with E-state index in [9.17, 15) is 4.79 Å². The lowest BCUT2D eigenvalue weighted by molar-refractivity contribution is 0.0581. The number of nitrogens with zero attached hydrogens (tertiary/aromatic N) is 1. The fraction of sp³-hybridized carbons (Fsp3) is 0.278. The van der Waals surface area contributed by atoms with Gasteiger partial charge in [-0.05, 0) is 44.0 Å². The minimum atomic E-state index is -0.547. The molecule has 1 amide bonds. The standard InChI is InChI=1S/C18H22N2O2/c1-18(2,3)22-17(21)20(13-19)16-11-9-15(10-12-16)14-7-5-4-6-8-14/h4-12H,13,19H2,1-3H3. The molecule has 0 atom stereocenters. The molecule has 2 aromatic rings. The monoisotopic (exact) mass is 298 g/mol. The van der Waals surface area contributed by atoms with Crippen LogP contribution < -0.4 is 10.6 Å². The van der Waals surface area contributed by atoms with Crippen LogP contribution >= 0.6 is 0 Å². The van der Waals surface area contributed by atoms with Crippen LogP contribution in [0.15, 0.2) is 54.6 Å². The third-order valence-corrected chi connectivity index (χ3v) is 3.08. The number of ether oxygens (including phenoxy) is 1. The van der Waals surface area contributed by atoms with Crippen LogP contribution in [0.5, 0.6) is 0 Å². The summed E-state index contributed by atoms with van der Waals surface area (Å²) in [5, 5.41) is 0. The zero-order chi connectivity index (χ0) is 16.2. The second-order valence-corrected chi connectivity index (χ2v) is 6.00. The highest BCUT2D eigenvalue weighted by Crippen LogP contribution is 2.23. The predicted molar refractivity (Wildman–Crippen MR) is 89.6 cm³/mol. The van der Waals surface area contributed by atoms with Crippen molar-refractivity contribution in [3.05, 3.63) is 54.6 Å². The highest BCUT2D eigenvalue weighted by molar-refractivity contribution is 5.88. The number of anilines is 1. The maximum absolute atomic E-state index is 12.2. The number of hydrogen-bond acceptors (Lipinski definition) is 3. The van der Waals surface area contributed by atoms with Gasteiger partial charge in [0.25, 0.3) is 0 Å². The maximum Gasteiger partial charge on any atom is 0.415 e. The van der Waals surface area contributed by atoms with Gasteiger partial charge in [0, 0.05) is 5.69 Å². The predicted octanol–water partition coefficient (Wildman–Crippen LogP) is 4.01. The van der Waals surface area contributed by atoms with Crippen molar-refractivity contribution in [1.29, 1.82) is 0 Å². The van der Waals surface area contributed by atoms with E-state index in [4.69, 9.17) is 10.5 Å². The topological polar surface area (TPSA) is 55.6 Å². The molecular weight excluding hydrogens is 276 g/mol. The Hall–Kier alpha value is -2.33. The van der Waals surface area contributed by atoms with E-state index in [0.717, 1.165) is 16.8 Å². The van der Waals surface area contributed by atoms with Crippen LogP contribution in [0.2, 0.25) is 0 Å². The molecule has 4 nitrogen and oxygen atoms in total. The molecule has 0 unspecified atom stereocenters. The van der Waals surface area contributed by atoms with Crippen LogP contribution in [0.3, 0.4) is 0 Å². The molecule has 4 heteroatoms. The summed E-state index contributed by atoms with van der Waals surface area (Å²) in [6.45, 7) is 5.56. The minimum absolute atomic E-state index is 0.0690. The van der Waals surface area contributed by atoms with Crippen molar-refractivity contribution in [1.82, 2.24) is 0 Å². The minimum Gasteiger partial charge on any atom is -0.443 e. The van der Waals surface area contributed by atoms with E-state index in [0.29, 0.717) is 0 Å². The highest BCUT2D eigenvalue weighted by atomic mass is 16.6. The number of amides is 1. The first-order valence-corrected chi connectivity index (χ1v) is 7.27. The van der Waals surface area contributed by atoms with Crippen LogP contribution in [-0.4, -0.2) is 18.4 Å². The Bertz CT molecular complexity index is 616. The van der Waals surface area contributed by atoms with Crippen molar-refractivity contribution in [2.24, 2.45) is 5.73 Å². The number of carbonyl (C=O) groups is 1. The summed E-state index contributed by atoms with van der Waals surface area (Å²) in [5.74, 6) is 0. The fourth-order valence-electron chi connectivity index (χ4n) is 2.07. The summed E-state index contributed by atoms with van der Waals surface area (Å²) in [4.78, 5) is 13.6. The highest BCUT2D eigenvalue weighted by Gasteiger charge is 2.22. The average molecular weight is 298 g/mol. The Labute approximate surface area is 131 Å². The summed E-state index contributed by atoms with van der Waals surface area (Å²) in [6, 6.07) is 17.8. The normalized spacial score (nSPS) is 11.1. The van der Waals surface area contributed by atoms with Gasteiger partial charge in [-0.1, -0.05) is 42.5 Å². The Kier molecular flexibility index (Phi) is 4.83. The lowest BCUT2D eigenvalue weighted by Gasteiger charge is -2.26. The van der Waals surface area contributed by atoms with Crippen molar-refractivity contribution >= 4 is 11.8 Å². The molecule has 116 valence electrons. The van der Waals surface area contributed by atoms with E-state index in [2.05, 4.69) is 0 Å². The number of benzene rings is 2. The van der Waals surface area contributed by atoms with Crippen LogP contribution in [0.4, 0.5) is 10.5 Å². The molecule has 0 spiro atoms. The van der Waals surface area contributed by atoms with Gasteiger partial charge in [-0.15, -0.1) is 0 Å². The summed E-state index contributed by atoms with van der Waals surface area (Å²) in [5.41, 5.74) is 8.09. The number of carbonyl (C=O) groups excluding carboxylic acids is 1. The van der Waals surface area contributed by atoms with Gasteiger partial charge >= 0.3 is 6.09 Å². The molecule has 2 aromatic carbocycles. The Morgan fingerprint density at radius 3 is 2.05 bits per heavy atom. The maximum atomic E-state index is 12.2. The SMILES string of the molecule is CC(C)(C)OC(=O)N(CN)c1ccc(-c2ccccc2)cc1. The Morgan fingerprint density at radius 2 is 1.55 bits per heavy atom. The van der Waals surface area contributed by atoms with E-state index in [-0.39, 0.29) is 6.67 Å². The number of rotatable bonds is 3. The zero-order valence-corrected chi connectivity index (χ0v) is 13.2. The summed E-state index contributed by atoms with van der Waals surface area (Å²) in [7, 11) is 0. The van der Waals surface area contributed by atoms with Crippen LogP contribution in [0, 0.1) is 0 Å².